The van der Waals surface area contributed by atoms with Crippen LogP contribution < -0.4 is 10.0 Å². The molecule has 1 unspecified atom stereocenters. The Bertz CT molecular complexity index is 727. The van der Waals surface area contributed by atoms with E-state index in [0.29, 0.717) is 6.54 Å². The third-order valence-electron chi connectivity index (χ3n) is 5.68. The fourth-order valence-corrected chi connectivity index (χ4v) is 4.72. The molecule has 158 valence electrons. The Kier molecular flexibility index (Phi) is 8.76. The number of sulfonamides is 1. The molecule has 1 aromatic rings. The Morgan fingerprint density at radius 2 is 1.82 bits per heavy atom. The van der Waals surface area contributed by atoms with E-state index >= 15 is 0 Å². The molecule has 1 aromatic carbocycles. The van der Waals surface area contributed by atoms with Crippen molar-refractivity contribution < 1.29 is 8.42 Å². The van der Waals surface area contributed by atoms with Crippen molar-refractivity contribution >= 4 is 16.0 Å². The molecule has 0 bridgehead atoms. The van der Waals surface area contributed by atoms with Gasteiger partial charge in [0.25, 0.3) is 0 Å². The summed E-state index contributed by atoms with van der Waals surface area (Å²) >= 11 is 0. The van der Waals surface area contributed by atoms with Crippen LogP contribution >= 0.6 is 0 Å². The molecule has 2 N–H and O–H groups in total. The van der Waals surface area contributed by atoms with Gasteiger partial charge in [0.1, 0.15) is 0 Å². The maximum Gasteiger partial charge on any atom is 0.215 e. The van der Waals surface area contributed by atoms with Crippen LogP contribution in [0.25, 0.3) is 0 Å². The SMILES string of the molecule is CCNC(=NCc1ccc(CS(=O)(=O)NC)cc1)N1CCC(C(CC)CC)C1. The van der Waals surface area contributed by atoms with E-state index in [2.05, 4.69) is 35.7 Å². The highest BCUT2D eigenvalue weighted by Crippen LogP contribution is 2.28. The number of aliphatic imine (C=N–C) groups is 1. The van der Waals surface area contributed by atoms with Crippen LogP contribution in [0, 0.1) is 11.8 Å². The molecule has 1 aliphatic rings. The lowest BCUT2D eigenvalue weighted by Gasteiger charge is -2.24. The molecular formula is C21H36N4O2S. The molecule has 6 nitrogen and oxygen atoms in total. The van der Waals surface area contributed by atoms with Crippen LogP contribution in [0.3, 0.4) is 0 Å². The van der Waals surface area contributed by atoms with Gasteiger partial charge in [-0.1, -0.05) is 51.0 Å². The normalized spacial score (nSPS) is 18.1. The van der Waals surface area contributed by atoms with Crippen LogP contribution in [0.4, 0.5) is 0 Å². The molecule has 7 heteroatoms. The van der Waals surface area contributed by atoms with Gasteiger partial charge in [0.05, 0.1) is 12.3 Å². The van der Waals surface area contributed by atoms with Crippen molar-refractivity contribution in [2.24, 2.45) is 16.8 Å². The number of hydrogen-bond donors (Lipinski definition) is 2. The molecule has 0 amide bonds. The van der Waals surface area contributed by atoms with Crippen molar-refractivity contribution in [1.82, 2.24) is 14.9 Å². The third-order valence-corrected chi connectivity index (χ3v) is 7.01. The van der Waals surface area contributed by atoms with Crippen LogP contribution in [0.2, 0.25) is 0 Å². The standard InChI is InChI=1S/C21H36N4O2S/c1-5-19(6-2)20-12-13-25(15-20)21(23-7-3)24-14-17-8-10-18(11-9-17)16-28(26,27)22-4/h8-11,19-20,22H,5-7,12-16H2,1-4H3,(H,23,24). The summed E-state index contributed by atoms with van der Waals surface area (Å²) in [5, 5.41) is 3.43. The fraction of sp³-hybridized carbons (Fsp3) is 0.667. The Morgan fingerprint density at radius 1 is 1.18 bits per heavy atom. The summed E-state index contributed by atoms with van der Waals surface area (Å²) in [7, 11) is -1.80. The van der Waals surface area contributed by atoms with Crippen LogP contribution in [0.5, 0.6) is 0 Å². The molecule has 0 radical (unpaired) electrons. The Morgan fingerprint density at radius 3 is 2.39 bits per heavy atom. The molecule has 1 fully saturated rings. The number of likely N-dealkylation sites (tertiary alicyclic amines) is 1. The topological polar surface area (TPSA) is 73.8 Å². The van der Waals surface area contributed by atoms with E-state index in [4.69, 9.17) is 4.99 Å². The summed E-state index contributed by atoms with van der Waals surface area (Å²) in [6.45, 7) is 10.3. The fourth-order valence-electron chi connectivity index (χ4n) is 3.94. The molecule has 0 spiro atoms. The van der Waals surface area contributed by atoms with Crippen molar-refractivity contribution in [2.45, 2.75) is 52.3 Å². The summed E-state index contributed by atoms with van der Waals surface area (Å²) in [6.07, 6.45) is 3.74. The van der Waals surface area contributed by atoms with Gasteiger partial charge in [-0.25, -0.2) is 18.1 Å². The number of nitrogens with one attached hydrogen (secondary N) is 2. The first-order valence-corrected chi connectivity index (χ1v) is 12.1. The van der Waals surface area contributed by atoms with E-state index in [1.165, 1.54) is 26.3 Å². The van der Waals surface area contributed by atoms with E-state index < -0.39 is 10.0 Å². The second kappa shape index (κ2) is 10.8. The molecule has 1 saturated heterocycles. The highest BCUT2D eigenvalue weighted by atomic mass is 32.2. The molecule has 0 aliphatic carbocycles. The highest BCUT2D eigenvalue weighted by molar-refractivity contribution is 7.88. The summed E-state index contributed by atoms with van der Waals surface area (Å²) in [5.41, 5.74) is 1.86. The Labute approximate surface area is 170 Å². The number of hydrogen-bond acceptors (Lipinski definition) is 3. The predicted octanol–water partition coefficient (Wildman–Crippen LogP) is 2.96. The third kappa shape index (κ3) is 6.48. The maximum atomic E-state index is 11.7. The lowest BCUT2D eigenvalue weighted by atomic mass is 9.87. The smallest absolute Gasteiger partial charge is 0.215 e. The first-order valence-electron chi connectivity index (χ1n) is 10.4. The zero-order chi connectivity index (χ0) is 20.6. The van der Waals surface area contributed by atoms with E-state index in [1.54, 1.807) is 0 Å². The average molecular weight is 409 g/mol. The number of benzene rings is 1. The first kappa shape index (κ1) is 22.7. The van der Waals surface area contributed by atoms with E-state index in [9.17, 15) is 8.42 Å². The van der Waals surface area contributed by atoms with Gasteiger partial charge in [-0.15, -0.1) is 0 Å². The van der Waals surface area contributed by atoms with Crippen molar-refractivity contribution in [3.8, 4) is 0 Å². The first-order chi connectivity index (χ1) is 13.4. The molecule has 1 heterocycles. The van der Waals surface area contributed by atoms with E-state index in [0.717, 1.165) is 48.6 Å². The van der Waals surface area contributed by atoms with Gasteiger partial charge in [-0.2, -0.15) is 0 Å². The number of nitrogens with zero attached hydrogens (tertiary/aromatic N) is 2. The molecule has 1 aliphatic heterocycles. The van der Waals surface area contributed by atoms with E-state index in [-0.39, 0.29) is 5.75 Å². The summed E-state index contributed by atoms with van der Waals surface area (Å²) in [4.78, 5) is 7.22. The van der Waals surface area contributed by atoms with Crippen LogP contribution in [-0.4, -0.2) is 46.0 Å². The summed E-state index contributed by atoms with van der Waals surface area (Å²) in [6, 6.07) is 7.66. The summed E-state index contributed by atoms with van der Waals surface area (Å²) in [5.74, 6) is 2.54. The molecule has 1 atom stereocenters. The van der Waals surface area contributed by atoms with Crippen LogP contribution in [0.1, 0.15) is 51.2 Å². The van der Waals surface area contributed by atoms with Crippen molar-refractivity contribution in [3.05, 3.63) is 35.4 Å². The number of rotatable bonds is 9. The molecule has 0 aromatic heterocycles. The lowest BCUT2D eigenvalue weighted by Crippen LogP contribution is -2.40. The number of guanidine groups is 1. The van der Waals surface area contributed by atoms with Crippen molar-refractivity contribution in [1.29, 1.82) is 0 Å². The second-order valence-corrected chi connectivity index (χ2v) is 9.45. The van der Waals surface area contributed by atoms with Gasteiger partial charge >= 0.3 is 0 Å². The minimum atomic E-state index is -3.24. The monoisotopic (exact) mass is 408 g/mol. The predicted molar refractivity (Wildman–Crippen MR) is 117 cm³/mol. The molecule has 0 saturated carbocycles. The van der Waals surface area contributed by atoms with Crippen molar-refractivity contribution in [2.75, 3.05) is 26.7 Å². The molecule has 2 rings (SSSR count). The Balaban J connectivity index is 2.01. The van der Waals surface area contributed by atoms with Crippen molar-refractivity contribution in [3.63, 3.8) is 0 Å². The average Bonchev–Trinajstić information content (AvgIpc) is 3.17. The lowest BCUT2D eigenvalue weighted by molar-refractivity contribution is 0.319. The highest BCUT2D eigenvalue weighted by Gasteiger charge is 2.29. The van der Waals surface area contributed by atoms with Gasteiger partial charge in [0, 0.05) is 19.6 Å². The van der Waals surface area contributed by atoms with Gasteiger partial charge in [0.2, 0.25) is 10.0 Å². The largest absolute Gasteiger partial charge is 0.357 e. The second-order valence-electron chi connectivity index (χ2n) is 7.52. The van der Waals surface area contributed by atoms with Gasteiger partial charge in [-0.3, -0.25) is 0 Å². The minimum Gasteiger partial charge on any atom is -0.357 e. The minimum absolute atomic E-state index is 0.000871. The van der Waals surface area contributed by atoms with Gasteiger partial charge < -0.3 is 10.2 Å². The van der Waals surface area contributed by atoms with E-state index in [1.807, 2.05) is 24.3 Å². The summed E-state index contributed by atoms with van der Waals surface area (Å²) < 4.78 is 25.7. The van der Waals surface area contributed by atoms with Gasteiger partial charge in [0.15, 0.2) is 5.96 Å². The van der Waals surface area contributed by atoms with Gasteiger partial charge in [-0.05, 0) is 43.4 Å². The molecule has 28 heavy (non-hydrogen) atoms. The Hall–Kier alpha value is -1.60. The van der Waals surface area contributed by atoms with Crippen LogP contribution in [0.15, 0.2) is 29.3 Å². The van der Waals surface area contributed by atoms with Crippen LogP contribution in [-0.2, 0) is 22.3 Å². The maximum absolute atomic E-state index is 11.7. The zero-order valence-corrected chi connectivity index (χ0v) is 18.6. The zero-order valence-electron chi connectivity index (χ0n) is 17.7. The quantitative estimate of drug-likeness (QED) is 0.487. The molecular weight excluding hydrogens is 372 g/mol.